The number of carbonyl (C=O) groups excluding carboxylic acids is 5. The fourth-order valence-corrected chi connectivity index (χ4v) is 13.0. The minimum absolute atomic E-state index is 0.00703. The highest BCUT2D eigenvalue weighted by atomic mass is 16.5. The van der Waals surface area contributed by atoms with Crippen molar-refractivity contribution in [3.05, 3.63) is 35.9 Å². The largest absolute Gasteiger partial charge is 0.481 e. The van der Waals surface area contributed by atoms with Crippen molar-refractivity contribution in [2.75, 3.05) is 48.0 Å². The van der Waals surface area contributed by atoms with Crippen molar-refractivity contribution in [3.8, 4) is 0 Å². The highest BCUT2D eigenvalue weighted by Gasteiger charge is 2.52. The number of carbonyl (C=O) groups is 6. The van der Waals surface area contributed by atoms with Gasteiger partial charge >= 0.3 is 11.9 Å². The van der Waals surface area contributed by atoms with E-state index >= 15 is 0 Å². The van der Waals surface area contributed by atoms with Crippen LogP contribution in [0.4, 0.5) is 0 Å². The van der Waals surface area contributed by atoms with Crippen molar-refractivity contribution < 1.29 is 48.1 Å². The van der Waals surface area contributed by atoms with E-state index in [9.17, 15) is 28.8 Å². The molecule has 1 aromatic carbocycles. The van der Waals surface area contributed by atoms with E-state index < -0.39 is 60.3 Å². The van der Waals surface area contributed by atoms with Gasteiger partial charge in [0.1, 0.15) is 12.1 Å². The van der Waals surface area contributed by atoms with E-state index in [1.807, 2.05) is 76.8 Å². The number of benzene rings is 1. The number of likely N-dealkylation sites (N-methyl/N-ethyl adjacent to an activating group) is 2. The number of carboxylic acids is 1. The maximum absolute atomic E-state index is 14.6. The smallest absolute Gasteiger partial charge is 0.329 e. The summed E-state index contributed by atoms with van der Waals surface area (Å²) in [6.07, 6.45) is 8.53. The van der Waals surface area contributed by atoms with E-state index in [2.05, 4.69) is 10.6 Å². The molecule has 0 spiro atoms. The Bertz CT molecular complexity index is 1840. The maximum Gasteiger partial charge on any atom is 0.329 e. The van der Waals surface area contributed by atoms with E-state index in [1.165, 1.54) is 19.3 Å². The Morgan fingerprint density at radius 3 is 2.01 bits per heavy atom. The molecule has 0 radical (unpaired) electrons. The Hall–Kier alpha value is -4.08. The zero-order valence-corrected chi connectivity index (χ0v) is 43.7. The molecular formula is C54H87N5O10. The van der Waals surface area contributed by atoms with Gasteiger partial charge in [0.05, 0.1) is 49.3 Å². The lowest BCUT2D eigenvalue weighted by Gasteiger charge is -2.56. The Balaban J connectivity index is 1.26. The second-order valence-corrected chi connectivity index (χ2v) is 22.3. The lowest BCUT2D eigenvalue weighted by molar-refractivity contribution is -0.159. The second kappa shape index (κ2) is 25.3. The SMILES string of the molecule is CCC(C)C(C(CC(=O)N1CCC[C@H]1C(OC)C(C)C(=O)NC(Cc1ccccc1)C(=O)OCC12CC3CC(CC(C3)C1)C2)OC)N(C)C(=O)C(NC(=O)C(C(C)C)N(C)CCCC(=O)O)C(C)C. The lowest BCUT2D eigenvalue weighted by Crippen LogP contribution is -2.60. The van der Waals surface area contributed by atoms with Gasteiger partial charge in [0.15, 0.2) is 0 Å². The van der Waals surface area contributed by atoms with Gasteiger partial charge in [-0.15, -0.1) is 0 Å². The third kappa shape index (κ3) is 14.3. The number of nitrogens with one attached hydrogen (secondary N) is 2. The van der Waals surface area contributed by atoms with Crippen LogP contribution in [0.3, 0.4) is 0 Å². The first-order chi connectivity index (χ1) is 32.7. The van der Waals surface area contributed by atoms with Gasteiger partial charge in [-0.1, -0.05) is 85.2 Å². The summed E-state index contributed by atoms with van der Waals surface area (Å²) in [7, 11) is 6.60. The Kier molecular flexibility index (Phi) is 20.5. The molecule has 9 atom stereocenters. The minimum atomic E-state index is -0.897. The quantitative estimate of drug-likeness (QED) is 0.0835. The summed E-state index contributed by atoms with van der Waals surface area (Å²) in [5, 5.41) is 15.3. The molecular weight excluding hydrogens is 879 g/mol. The zero-order valence-electron chi connectivity index (χ0n) is 43.7. The molecule has 5 fully saturated rings. The second-order valence-electron chi connectivity index (χ2n) is 22.3. The molecule has 4 aliphatic carbocycles. The topological polar surface area (TPSA) is 184 Å². The van der Waals surface area contributed by atoms with Crippen LogP contribution in [-0.2, 0) is 49.4 Å². The van der Waals surface area contributed by atoms with Crippen molar-refractivity contribution in [2.24, 2.45) is 46.8 Å². The fraction of sp³-hybridized carbons (Fsp3) is 0.778. The highest BCUT2D eigenvalue weighted by Crippen LogP contribution is 2.60. The molecule has 5 aliphatic rings. The summed E-state index contributed by atoms with van der Waals surface area (Å²) in [5.74, 6) is -1.47. The van der Waals surface area contributed by atoms with Crippen LogP contribution < -0.4 is 10.6 Å². The molecule has 4 saturated carbocycles. The van der Waals surface area contributed by atoms with E-state index in [0.29, 0.717) is 45.4 Å². The van der Waals surface area contributed by atoms with Gasteiger partial charge in [-0.2, -0.15) is 0 Å². The molecule has 8 unspecified atom stereocenters. The normalized spacial score (nSPS) is 25.4. The van der Waals surface area contributed by atoms with Gasteiger partial charge in [0.2, 0.25) is 23.6 Å². The maximum atomic E-state index is 14.6. The molecule has 0 aromatic heterocycles. The monoisotopic (exact) mass is 966 g/mol. The summed E-state index contributed by atoms with van der Waals surface area (Å²) in [4.78, 5) is 87.8. The van der Waals surface area contributed by atoms with Crippen molar-refractivity contribution in [2.45, 2.75) is 174 Å². The molecule has 4 amide bonds. The molecule has 3 N–H and O–H groups in total. The number of rotatable bonds is 27. The van der Waals surface area contributed by atoms with Crippen LogP contribution in [0.2, 0.25) is 0 Å². The van der Waals surface area contributed by atoms with Crippen LogP contribution in [0.5, 0.6) is 0 Å². The van der Waals surface area contributed by atoms with Crippen molar-refractivity contribution >= 4 is 35.6 Å². The van der Waals surface area contributed by atoms with E-state index in [0.717, 1.165) is 42.6 Å². The first-order valence-electron chi connectivity index (χ1n) is 26.1. The number of likely N-dealkylation sites (tertiary alicyclic amines) is 1. The van der Waals surface area contributed by atoms with Crippen LogP contribution in [0.1, 0.15) is 131 Å². The number of hydrogen-bond acceptors (Lipinski definition) is 10. The summed E-state index contributed by atoms with van der Waals surface area (Å²) < 4.78 is 18.4. The Morgan fingerprint density at radius 1 is 0.855 bits per heavy atom. The van der Waals surface area contributed by atoms with Crippen LogP contribution in [0.15, 0.2) is 30.3 Å². The van der Waals surface area contributed by atoms with E-state index in [4.69, 9.17) is 19.3 Å². The summed E-state index contributed by atoms with van der Waals surface area (Å²) in [5.41, 5.74) is 0.948. The molecule has 15 nitrogen and oxygen atoms in total. The average molecular weight is 966 g/mol. The fourth-order valence-electron chi connectivity index (χ4n) is 13.0. The van der Waals surface area contributed by atoms with Crippen LogP contribution in [-0.4, -0.2) is 146 Å². The predicted octanol–water partition coefficient (Wildman–Crippen LogP) is 6.36. The van der Waals surface area contributed by atoms with Crippen molar-refractivity contribution in [1.29, 1.82) is 0 Å². The number of nitrogens with zero attached hydrogens (tertiary/aromatic N) is 3. The summed E-state index contributed by atoms with van der Waals surface area (Å²) >= 11 is 0. The molecule has 1 aliphatic heterocycles. The first kappa shape index (κ1) is 55.8. The third-order valence-electron chi connectivity index (χ3n) is 16.3. The molecule has 4 bridgehead atoms. The lowest BCUT2D eigenvalue weighted by atomic mass is 9.50. The van der Waals surface area contributed by atoms with Gasteiger partial charge in [-0.3, -0.25) is 28.9 Å². The number of amides is 4. The number of carboxylic acid groups (broad SMARTS) is 1. The number of ether oxygens (including phenoxy) is 3. The van der Waals surface area contributed by atoms with Crippen LogP contribution in [0, 0.1) is 46.8 Å². The van der Waals surface area contributed by atoms with Gasteiger partial charge in [-0.25, -0.2) is 4.79 Å². The molecule has 6 rings (SSSR count). The first-order valence-corrected chi connectivity index (χ1v) is 26.1. The van der Waals surface area contributed by atoms with Gasteiger partial charge in [-0.05, 0) is 112 Å². The highest BCUT2D eigenvalue weighted by molar-refractivity contribution is 5.90. The Labute approximate surface area is 412 Å². The molecule has 15 heteroatoms. The molecule has 1 saturated heterocycles. The summed E-state index contributed by atoms with van der Waals surface area (Å²) in [6, 6.07) is 6.35. The van der Waals surface area contributed by atoms with Crippen molar-refractivity contribution in [3.63, 3.8) is 0 Å². The molecule has 69 heavy (non-hydrogen) atoms. The van der Waals surface area contributed by atoms with Gasteiger partial charge in [0, 0.05) is 46.1 Å². The van der Waals surface area contributed by atoms with Gasteiger partial charge in [0.25, 0.3) is 0 Å². The number of methoxy groups -OCH3 is 2. The van der Waals surface area contributed by atoms with E-state index in [-0.39, 0.29) is 66.1 Å². The zero-order chi connectivity index (χ0) is 50.7. The van der Waals surface area contributed by atoms with Crippen LogP contribution >= 0.6 is 0 Å². The molecule has 1 aromatic rings. The summed E-state index contributed by atoms with van der Waals surface area (Å²) in [6.45, 7) is 14.7. The molecule has 388 valence electrons. The predicted molar refractivity (Wildman–Crippen MR) is 265 cm³/mol. The Morgan fingerprint density at radius 2 is 1.48 bits per heavy atom. The standard InChI is InChI=1S/C54H87N5O10/c1-12-35(6)48(58(9)52(65)46(33(2)3)56-51(64)47(34(4)5)57(8)22-17-21-45(61)62)43(67-10)28-44(60)59-23-16-20-42(59)49(68-11)36(7)50(63)55-41(27-37-18-14-13-15-19-37)53(66)69-32-54-29-38-24-39(30-54)26-40(25-38)31-54/h13-15,18-19,33-36,38-43,46-49H,12,16-17,20-32H2,1-11H3,(H,55,63)(H,56,64)(H,61,62)/t35?,36?,38?,39?,40?,41?,42-,43?,46?,47?,48?,49?,54?/m0/s1. The number of esters is 1. The van der Waals surface area contributed by atoms with Crippen molar-refractivity contribution in [1.82, 2.24) is 25.3 Å². The molecule has 1 heterocycles. The average Bonchev–Trinajstić information content (AvgIpc) is 3.78. The van der Waals surface area contributed by atoms with Gasteiger partial charge < -0.3 is 39.8 Å². The van der Waals surface area contributed by atoms with E-state index in [1.54, 1.807) is 45.0 Å². The minimum Gasteiger partial charge on any atom is -0.481 e. The third-order valence-corrected chi connectivity index (χ3v) is 16.3. The van der Waals surface area contributed by atoms with Crippen LogP contribution in [0.25, 0.3) is 0 Å². The number of hydrogen-bond donors (Lipinski definition) is 3. The number of aliphatic carboxylic acids is 1.